The highest BCUT2D eigenvalue weighted by Gasteiger charge is 1.96. The molecule has 0 heterocycles. The van der Waals surface area contributed by atoms with Gasteiger partial charge in [-0.3, -0.25) is 0 Å². The second-order valence-corrected chi connectivity index (χ2v) is 3.11. The van der Waals surface area contributed by atoms with Gasteiger partial charge in [0.05, 0.1) is 19.3 Å². The van der Waals surface area contributed by atoms with Crippen LogP contribution in [0.15, 0.2) is 42.5 Å². The number of aliphatic hydroxyl groups is 1. The Morgan fingerprint density at radius 3 is 2.71 bits per heavy atom. The van der Waals surface area contributed by atoms with Crippen LogP contribution < -0.4 is 0 Å². The maximum absolute atomic E-state index is 8.56. The first-order valence-corrected chi connectivity index (χ1v) is 4.76. The van der Waals surface area contributed by atoms with Gasteiger partial charge in [0.25, 0.3) is 0 Å². The van der Waals surface area contributed by atoms with Gasteiger partial charge < -0.3 is 9.84 Å². The Morgan fingerprint density at radius 1 is 1.36 bits per heavy atom. The molecule has 0 amide bonds. The second kappa shape index (κ2) is 6.35. The van der Waals surface area contributed by atoms with Crippen LogP contribution in [0.2, 0.25) is 0 Å². The van der Waals surface area contributed by atoms with Gasteiger partial charge >= 0.3 is 0 Å². The van der Waals surface area contributed by atoms with E-state index in [1.54, 1.807) is 6.08 Å². The third-order valence-corrected chi connectivity index (χ3v) is 1.87. The molecule has 2 heteroatoms. The minimum absolute atomic E-state index is 0.0438. The first kappa shape index (κ1) is 11.0. The van der Waals surface area contributed by atoms with E-state index in [1.165, 1.54) is 0 Å². The van der Waals surface area contributed by atoms with Crippen LogP contribution in [-0.2, 0) is 11.3 Å². The molecule has 0 aliphatic heterocycles. The largest absolute Gasteiger partial charge is 0.392 e. The number of hydrogen-bond acceptors (Lipinski definition) is 2. The SMILES string of the molecule is C[C@H](/C=C/CO)OCc1ccccc1. The zero-order valence-electron chi connectivity index (χ0n) is 8.39. The second-order valence-electron chi connectivity index (χ2n) is 3.11. The summed E-state index contributed by atoms with van der Waals surface area (Å²) in [6, 6.07) is 10.0. The molecule has 1 atom stereocenters. The van der Waals surface area contributed by atoms with Crippen molar-refractivity contribution in [2.75, 3.05) is 6.61 Å². The Hall–Kier alpha value is -1.12. The molecule has 0 fully saturated rings. The van der Waals surface area contributed by atoms with Crippen molar-refractivity contribution in [3.8, 4) is 0 Å². The molecule has 0 spiro atoms. The van der Waals surface area contributed by atoms with Crippen LogP contribution in [0.5, 0.6) is 0 Å². The fraction of sp³-hybridized carbons (Fsp3) is 0.333. The fourth-order valence-corrected chi connectivity index (χ4v) is 1.11. The summed E-state index contributed by atoms with van der Waals surface area (Å²) in [6.07, 6.45) is 3.58. The van der Waals surface area contributed by atoms with Crippen molar-refractivity contribution < 1.29 is 9.84 Å². The van der Waals surface area contributed by atoms with Gasteiger partial charge in [-0.2, -0.15) is 0 Å². The predicted octanol–water partition coefficient (Wildman–Crippen LogP) is 2.14. The molecule has 0 unspecified atom stereocenters. The van der Waals surface area contributed by atoms with Crippen LogP contribution in [0, 0.1) is 0 Å². The summed E-state index contributed by atoms with van der Waals surface area (Å²) in [5.41, 5.74) is 1.16. The number of rotatable bonds is 5. The van der Waals surface area contributed by atoms with E-state index in [0.717, 1.165) is 5.56 Å². The standard InChI is InChI=1S/C12H16O2/c1-11(6-5-9-13)14-10-12-7-3-2-4-8-12/h2-8,11,13H,9-10H2,1H3/b6-5+/t11-/m1/s1. The Bertz CT molecular complexity index is 267. The quantitative estimate of drug-likeness (QED) is 0.724. The Kier molecular flexibility index (Phi) is 4.97. The molecule has 0 radical (unpaired) electrons. The van der Waals surface area contributed by atoms with E-state index in [1.807, 2.05) is 43.3 Å². The summed E-state index contributed by atoms with van der Waals surface area (Å²) in [4.78, 5) is 0. The summed E-state index contributed by atoms with van der Waals surface area (Å²) < 4.78 is 5.53. The van der Waals surface area contributed by atoms with E-state index in [0.29, 0.717) is 6.61 Å². The van der Waals surface area contributed by atoms with Crippen molar-refractivity contribution >= 4 is 0 Å². The molecule has 0 aliphatic carbocycles. The molecule has 1 aromatic rings. The van der Waals surface area contributed by atoms with E-state index in [9.17, 15) is 0 Å². The summed E-state index contributed by atoms with van der Waals surface area (Å²) in [6.45, 7) is 2.63. The van der Waals surface area contributed by atoms with E-state index < -0.39 is 0 Å². The smallest absolute Gasteiger partial charge is 0.0733 e. The molecule has 1 rings (SSSR count). The molecule has 76 valence electrons. The first-order chi connectivity index (χ1) is 6.83. The average Bonchev–Trinajstić information content (AvgIpc) is 2.25. The van der Waals surface area contributed by atoms with Crippen molar-refractivity contribution in [1.82, 2.24) is 0 Å². The molecule has 14 heavy (non-hydrogen) atoms. The van der Waals surface area contributed by atoms with Crippen LogP contribution in [0.4, 0.5) is 0 Å². The highest BCUT2D eigenvalue weighted by atomic mass is 16.5. The molecule has 1 N–H and O–H groups in total. The topological polar surface area (TPSA) is 29.5 Å². The van der Waals surface area contributed by atoms with Crippen molar-refractivity contribution in [2.24, 2.45) is 0 Å². The van der Waals surface area contributed by atoms with Gasteiger partial charge in [0.1, 0.15) is 0 Å². The normalized spacial score (nSPS) is 13.3. The minimum Gasteiger partial charge on any atom is -0.392 e. The molecule has 1 aromatic carbocycles. The lowest BCUT2D eigenvalue weighted by atomic mass is 10.2. The van der Waals surface area contributed by atoms with E-state index in [2.05, 4.69) is 0 Å². The van der Waals surface area contributed by atoms with Gasteiger partial charge in [-0.25, -0.2) is 0 Å². The van der Waals surface area contributed by atoms with E-state index >= 15 is 0 Å². The number of benzene rings is 1. The fourth-order valence-electron chi connectivity index (χ4n) is 1.11. The minimum atomic E-state index is 0.0438. The zero-order chi connectivity index (χ0) is 10.2. The third-order valence-electron chi connectivity index (χ3n) is 1.87. The van der Waals surface area contributed by atoms with E-state index in [4.69, 9.17) is 9.84 Å². The Morgan fingerprint density at radius 2 is 2.07 bits per heavy atom. The number of aliphatic hydroxyl groups excluding tert-OH is 1. The van der Waals surface area contributed by atoms with Crippen LogP contribution in [0.3, 0.4) is 0 Å². The van der Waals surface area contributed by atoms with Gasteiger partial charge in [0, 0.05) is 0 Å². The Balaban J connectivity index is 2.30. The first-order valence-electron chi connectivity index (χ1n) is 4.76. The van der Waals surface area contributed by atoms with Gasteiger partial charge in [-0.15, -0.1) is 0 Å². The lowest BCUT2D eigenvalue weighted by Crippen LogP contribution is -2.04. The highest BCUT2D eigenvalue weighted by Crippen LogP contribution is 2.03. The number of ether oxygens (including phenoxy) is 1. The average molecular weight is 192 g/mol. The zero-order valence-corrected chi connectivity index (χ0v) is 8.39. The molecule has 2 nitrogen and oxygen atoms in total. The summed E-state index contributed by atoms with van der Waals surface area (Å²) in [5, 5.41) is 8.56. The van der Waals surface area contributed by atoms with Gasteiger partial charge in [0.2, 0.25) is 0 Å². The van der Waals surface area contributed by atoms with Crippen LogP contribution in [0.1, 0.15) is 12.5 Å². The summed E-state index contributed by atoms with van der Waals surface area (Å²) in [7, 11) is 0. The van der Waals surface area contributed by atoms with Gasteiger partial charge in [0.15, 0.2) is 0 Å². The van der Waals surface area contributed by atoms with Crippen molar-refractivity contribution in [1.29, 1.82) is 0 Å². The maximum atomic E-state index is 8.56. The van der Waals surface area contributed by atoms with Gasteiger partial charge in [-0.05, 0) is 12.5 Å². The van der Waals surface area contributed by atoms with Gasteiger partial charge in [-0.1, -0.05) is 42.5 Å². The molecule has 0 aliphatic rings. The van der Waals surface area contributed by atoms with Crippen LogP contribution in [0.25, 0.3) is 0 Å². The van der Waals surface area contributed by atoms with E-state index in [-0.39, 0.29) is 12.7 Å². The molecule has 0 bridgehead atoms. The van der Waals surface area contributed by atoms with Crippen LogP contribution in [-0.4, -0.2) is 17.8 Å². The van der Waals surface area contributed by atoms with Crippen molar-refractivity contribution in [3.63, 3.8) is 0 Å². The van der Waals surface area contributed by atoms with Crippen LogP contribution >= 0.6 is 0 Å². The molecular formula is C12H16O2. The predicted molar refractivity (Wildman–Crippen MR) is 56.9 cm³/mol. The van der Waals surface area contributed by atoms with Crippen molar-refractivity contribution in [3.05, 3.63) is 48.0 Å². The molecule has 0 saturated heterocycles. The molecular weight excluding hydrogens is 176 g/mol. The maximum Gasteiger partial charge on any atom is 0.0733 e. The third kappa shape index (κ3) is 4.21. The summed E-state index contributed by atoms with van der Waals surface area (Å²) in [5.74, 6) is 0. The lowest BCUT2D eigenvalue weighted by molar-refractivity contribution is 0.0836. The monoisotopic (exact) mass is 192 g/mol. The summed E-state index contributed by atoms with van der Waals surface area (Å²) >= 11 is 0. The molecule has 0 aromatic heterocycles. The highest BCUT2D eigenvalue weighted by molar-refractivity contribution is 5.13. The number of hydrogen-bond donors (Lipinski definition) is 1. The lowest BCUT2D eigenvalue weighted by Gasteiger charge is -2.08. The van der Waals surface area contributed by atoms with Crippen molar-refractivity contribution in [2.45, 2.75) is 19.6 Å². The Labute approximate surface area is 84.8 Å². The molecule has 0 saturated carbocycles.